The van der Waals surface area contributed by atoms with Crippen molar-refractivity contribution < 1.29 is 0 Å². The molecule has 1 fully saturated rings. The summed E-state index contributed by atoms with van der Waals surface area (Å²) in [5, 5.41) is 5.25. The van der Waals surface area contributed by atoms with Crippen molar-refractivity contribution in [2.45, 2.75) is 58.5 Å². The molecule has 2 atom stereocenters. The van der Waals surface area contributed by atoms with Gasteiger partial charge in [0.2, 0.25) is 0 Å². The minimum Gasteiger partial charge on any atom is -0.307 e. The van der Waals surface area contributed by atoms with Crippen LogP contribution in [0.3, 0.4) is 0 Å². The zero-order chi connectivity index (χ0) is 14.0. The molecule has 1 saturated carbocycles. The molecule has 1 aromatic rings. The lowest BCUT2D eigenvalue weighted by molar-refractivity contribution is 0.191. The van der Waals surface area contributed by atoms with E-state index in [9.17, 15) is 0 Å². The first-order valence-corrected chi connectivity index (χ1v) is 7.84. The van der Waals surface area contributed by atoms with Crippen molar-refractivity contribution in [1.82, 2.24) is 5.32 Å². The van der Waals surface area contributed by atoms with Crippen LogP contribution in [0.2, 0.25) is 10.0 Å². The monoisotopic (exact) mass is 299 g/mol. The van der Waals surface area contributed by atoms with Gasteiger partial charge in [0.25, 0.3) is 0 Å². The lowest BCUT2D eigenvalue weighted by Crippen LogP contribution is -2.38. The van der Waals surface area contributed by atoms with Crippen LogP contribution in [0.4, 0.5) is 0 Å². The molecule has 1 aromatic carbocycles. The van der Waals surface area contributed by atoms with Gasteiger partial charge in [-0.1, -0.05) is 43.5 Å². The maximum atomic E-state index is 6.27. The molecule has 0 amide bonds. The fourth-order valence-electron chi connectivity index (χ4n) is 3.13. The fourth-order valence-corrected chi connectivity index (χ4v) is 3.59. The van der Waals surface area contributed by atoms with E-state index in [4.69, 9.17) is 23.2 Å². The molecule has 1 N–H and O–H groups in total. The molecule has 1 aliphatic rings. The minimum atomic E-state index is 0.241. The number of hydrogen-bond donors (Lipinski definition) is 1. The van der Waals surface area contributed by atoms with Crippen molar-refractivity contribution in [1.29, 1.82) is 0 Å². The molecule has 0 spiro atoms. The summed E-state index contributed by atoms with van der Waals surface area (Å²) in [5.41, 5.74) is 1.55. The van der Waals surface area contributed by atoms with Gasteiger partial charge < -0.3 is 5.32 Å². The molecule has 0 aromatic heterocycles. The predicted octanol–water partition coefficient (Wildman–Crippen LogP) is 5.61. The molecule has 0 radical (unpaired) electrons. The maximum Gasteiger partial charge on any atom is 0.0454 e. The van der Waals surface area contributed by atoms with Gasteiger partial charge in [0.1, 0.15) is 0 Å². The van der Waals surface area contributed by atoms with Gasteiger partial charge in [-0.25, -0.2) is 0 Å². The standard InChI is InChI=1S/C16H23Cl2N/c1-11(14-9-12(17)6-7-15(14)18)19-13-5-4-8-16(2,3)10-13/h6-7,9,11,13,19H,4-5,8,10H2,1-3H3. The molecule has 1 nitrogen and oxygen atoms in total. The third-order valence-electron chi connectivity index (χ3n) is 4.12. The van der Waals surface area contributed by atoms with Gasteiger partial charge in [0, 0.05) is 22.1 Å². The summed E-state index contributed by atoms with van der Waals surface area (Å²) in [4.78, 5) is 0. The quantitative estimate of drug-likeness (QED) is 0.764. The van der Waals surface area contributed by atoms with E-state index in [1.165, 1.54) is 25.7 Å². The van der Waals surface area contributed by atoms with Gasteiger partial charge in [0.15, 0.2) is 0 Å². The van der Waals surface area contributed by atoms with Crippen molar-refractivity contribution in [3.63, 3.8) is 0 Å². The molecule has 0 heterocycles. The first-order valence-electron chi connectivity index (χ1n) is 7.08. The third kappa shape index (κ3) is 4.11. The molecule has 19 heavy (non-hydrogen) atoms. The largest absolute Gasteiger partial charge is 0.307 e. The molecule has 1 aliphatic carbocycles. The van der Waals surface area contributed by atoms with E-state index in [-0.39, 0.29) is 6.04 Å². The van der Waals surface area contributed by atoms with Gasteiger partial charge in [0.05, 0.1) is 0 Å². The van der Waals surface area contributed by atoms with E-state index >= 15 is 0 Å². The Morgan fingerprint density at radius 1 is 1.32 bits per heavy atom. The van der Waals surface area contributed by atoms with Crippen molar-refractivity contribution in [3.05, 3.63) is 33.8 Å². The summed E-state index contributed by atoms with van der Waals surface area (Å²) < 4.78 is 0. The van der Waals surface area contributed by atoms with E-state index in [1.54, 1.807) is 0 Å². The lowest BCUT2D eigenvalue weighted by Gasteiger charge is -2.37. The number of halogens is 2. The smallest absolute Gasteiger partial charge is 0.0454 e. The minimum absolute atomic E-state index is 0.241. The van der Waals surface area contributed by atoms with Crippen LogP contribution < -0.4 is 5.32 Å². The highest BCUT2D eigenvalue weighted by Crippen LogP contribution is 2.36. The van der Waals surface area contributed by atoms with Crippen LogP contribution in [0.25, 0.3) is 0 Å². The van der Waals surface area contributed by atoms with Crippen LogP contribution in [0.1, 0.15) is 58.1 Å². The molecule has 2 unspecified atom stereocenters. The van der Waals surface area contributed by atoms with Gasteiger partial charge in [-0.05, 0) is 55.4 Å². The first kappa shape index (κ1) is 15.2. The summed E-state index contributed by atoms with van der Waals surface area (Å²) in [5.74, 6) is 0. The van der Waals surface area contributed by atoms with Crippen LogP contribution in [0.5, 0.6) is 0 Å². The van der Waals surface area contributed by atoms with E-state index in [0.717, 1.165) is 15.6 Å². The van der Waals surface area contributed by atoms with Crippen LogP contribution in [-0.2, 0) is 0 Å². The van der Waals surface area contributed by atoms with E-state index in [0.29, 0.717) is 11.5 Å². The zero-order valence-corrected chi connectivity index (χ0v) is 13.5. The van der Waals surface area contributed by atoms with Crippen molar-refractivity contribution in [3.8, 4) is 0 Å². The van der Waals surface area contributed by atoms with E-state index < -0.39 is 0 Å². The van der Waals surface area contributed by atoms with Crippen LogP contribution in [-0.4, -0.2) is 6.04 Å². The lowest BCUT2D eigenvalue weighted by atomic mass is 9.75. The van der Waals surface area contributed by atoms with Crippen molar-refractivity contribution >= 4 is 23.2 Å². The Kier molecular flexibility index (Phi) is 4.81. The number of rotatable bonds is 3. The average molecular weight is 300 g/mol. The van der Waals surface area contributed by atoms with Gasteiger partial charge in [-0.15, -0.1) is 0 Å². The molecule has 0 aliphatic heterocycles. The van der Waals surface area contributed by atoms with Crippen LogP contribution in [0.15, 0.2) is 18.2 Å². The first-order chi connectivity index (χ1) is 8.87. The predicted molar refractivity (Wildman–Crippen MR) is 84.0 cm³/mol. The topological polar surface area (TPSA) is 12.0 Å². The van der Waals surface area contributed by atoms with E-state index in [1.807, 2.05) is 18.2 Å². The highest BCUT2D eigenvalue weighted by atomic mass is 35.5. The fraction of sp³-hybridized carbons (Fsp3) is 0.625. The Balaban J connectivity index is 2.04. The van der Waals surface area contributed by atoms with Gasteiger partial charge in [-0.3, -0.25) is 0 Å². The van der Waals surface area contributed by atoms with Crippen LogP contribution >= 0.6 is 23.2 Å². The average Bonchev–Trinajstić information content (AvgIpc) is 2.31. The Morgan fingerprint density at radius 2 is 2.05 bits per heavy atom. The third-order valence-corrected chi connectivity index (χ3v) is 4.69. The van der Waals surface area contributed by atoms with Gasteiger partial charge in [-0.2, -0.15) is 0 Å². The summed E-state index contributed by atoms with van der Waals surface area (Å²) in [6, 6.07) is 6.50. The number of hydrogen-bond acceptors (Lipinski definition) is 1. The summed E-state index contributed by atoms with van der Waals surface area (Å²) in [7, 11) is 0. The molecule has 2 rings (SSSR count). The molecular formula is C16H23Cl2N. The molecule has 3 heteroatoms. The molecule has 0 bridgehead atoms. The highest BCUT2D eigenvalue weighted by molar-refractivity contribution is 6.33. The van der Waals surface area contributed by atoms with Crippen molar-refractivity contribution in [2.75, 3.05) is 0 Å². The second-order valence-electron chi connectivity index (χ2n) is 6.51. The zero-order valence-electron chi connectivity index (χ0n) is 12.0. The highest BCUT2D eigenvalue weighted by Gasteiger charge is 2.28. The van der Waals surface area contributed by atoms with E-state index in [2.05, 4.69) is 26.1 Å². The Labute approximate surface area is 126 Å². The number of benzene rings is 1. The Morgan fingerprint density at radius 3 is 2.74 bits per heavy atom. The summed E-state index contributed by atoms with van der Waals surface area (Å²) >= 11 is 12.3. The van der Waals surface area contributed by atoms with Gasteiger partial charge >= 0.3 is 0 Å². The second kappa shape index (κ2) is 6.03. The summed E-state index contributed by atoms with van der Waals surface area (Å²) in [6.07, 6.45) is 5.12. The summed E-state index contributed by atoms with van der Waals surface area (Å²) in [6.45, 7) is 6.88. The molecule has 106 valence electrons. The SMILES string of the molecule is CC(NC1CCCC(C)(C)C1)c1cc(Cl)ccc1Cl. The Hall–Kier alpha value is -0.240. The molecular weight excluding hydrogens is 277 g/mol. The second-order valence-corrected chi connectivity index (χ2v) is 7.36. The number of nitrogens with one attached hydrogen (secondary N) is 1. The normalized spacial score (nSPS) is 24.2. The Bertz CT molecular complexity index is 442. The molecule has 0 saturated heterocycles. The maximum absolute atomic E-state index is 6.27. The van der Waals surface area contributed by atoms with Crippen molar-refractivity contribution in [2.24, 2.45) is 5.41 Å². The van der Waals surface area contributed by atoms with Crippen LogP contribution in [0, 0.1) is 5.41 Å².